The quantitative estimate of drug-likeness (QED) is 0.529. The van der Waals surface area contributed by atoms with Crippen LogP contribution in [0.25, 0.3) is 0 Å². The number of nitrogens with zero attached hydrogens (tertiary/aromatic N) is 1. The fourth-order valence-corrected chi connectivity index (χ4v) is 1.98. The third-order valence-corrected chi connectivity index (χ3v) is 2.65. The van der Waals surface area contributed by atoms with Crippen LogP contribution in [0.3, 0.4) is 0 Å². The summed E-state index contributed by atoms with van der Waals surface area (Å²) in [5, 5.41) is 0. The molecule has 1 heterocycles. The lowest BCUT2D eigenvalue weighted by Crippen LogP contribution is -2.33. The Morgan fingerprint density at radius 3 is 2.71 bits per heavy atom. The van der Waals surface area contributed by atoms with Crippen LogP contribution in [0, 0.1) is 0 Å². The van der Waals surface area contributed by atoms with E-state index in [0.29, 0.717) is 5.69 Å². The molecule has 78 valence electrons. The zero-order chi connectivity index (χ0) is 10.6. The minimum absolute atomic E-state index is 0.0550. The van der Waals surface area contributed by atoms with E-state index in [0.717, 1.165) is 0 Å². The van der Waals surface area contributed by atoms with Crippen LogP contribution in [0.5, 0.6) is 0 Å². The largest absolute Gasteiger partial charge is 0.271 e. The average molecular weight is 215 g/mol. The Bertz CT molecular complexity index is 377. The Morgan fingerprint density at radius 1 is 1.57 bits per heavy atom. The average Bonchev–Trinajstić information content (AvgIpc) is 2.14. The lowest BCUT2D eigenvalue weighted by atomic mass is 10.2. The second kappa shape index (κ2) is 4.50. The van der Waals surface area contributed by atoms with Crippen molar-refractivity contribution < 1.29 is 8.42 Å². The Kier molecular flexibility index (Phi) is 3.56. The van der Waals surface area contributed by atoms with Gasteiger partial charge in [0.2, 0.25) is 0 Å². The molecule has 1 aromatic heterocycles. The van der Waals surface area contributed by atoms with E-state index in [1.165, 1.54) is 6.26 Å². The van der Waals surface area contributed by atoms with E-state index in [4.69, 9.17) is 5.84 Å². The molecule has 1 atom stereocenters. The Morgan fingerprint density at radius 2 is 2.29 bits per heavy atom. The highest BCUT2D eigenvalue weighted by molar-refractivity contribution is 7.90. The van der Waals surface area contributed by atoms with Crippen LogP contribution in [-0.4, -0.2) is 25.4 Å². The molecule has 1 rings (SSSR count). The Balaban J connectivity index is 2.84. The van der Waals surface area contributed by atoms with Gasteiger partial charge >= 0.3 is 0 Å². The molecule has 0 aliphatic carbocycles. The van der Waals surface area contributed by atoms with Crippen molar-refractivity contribution in [3.05, 3.63) is 30.1 Å². The number of rotatable bonds is 4. The molecule has 0 aliphatic heterocycles. The number of nitrogens with two attached hydrogens (primary N) is 1. The van der Waals surface area contributed by atoms with E-state index in [1.807, 2.05) is 0 Å². The van der Waals surface area contributed by atoms with E-state index in [1.54, 1.807) is 24.4 Å². The summed E-state index contributed by atoms with van der Waals surface area (Å²) in [6.45, 7) is 0. The molecule has 1 aromatic rings. The van der Waals surface area contributed by atoms with Crippen LogP contribution in [0.4, 0.5) is 0 Å². The predicted molar refractivity (Wildman–Crippen MR) is 54.0 cm³/mol. The summed E-state index contributed by atoms with van der Waals surface area (Å²) in [7, 11) is -3.07. The third-order valence-electron chi connectivity index (χ3n) is 1.72. The monoisotopic (exact) mass is 215 g/mol. The van der Waals surface area contributed by atoms with Crippen molar-refractivity contribution >= 4 is 9.84 Å². The van der Waals surface area contributed by atoms with Crippen LogP contribution >= 0.6 is 0 Å². The fraction of sp³-hybridized carbons (Fsp3) is 0.375. The molecule has 0 saturated heterocycles. The first-order valence-electron chi connectivity index (χ1n) is 4.08. The number of hydrazine groups is 1. The Hall–Kier alpha value is -0.980. The van der Waals surface area contributed by atoms with E-state index in [-0.39, 0.29) is 5.75 Å². The smallest absolute Gasteiger partial charge is 0.149 e. The Labute approximate surface area is 83.2 Å². The van der Waals surface area contributed by atoms with Crippen LogP contribution in [0.1, 0.15) is 11.7 Å². The van der Waals surface area contributed by atoms with Gasteiger partial charge in [-0.1, -0.05) is 6.07 Å². The minimum Gasteiger partial charge on any atom is -0.271 e. The van der Waals surface area contributed by atoms with E-state index in [2.05, 4.69) is 10.4 Å². The number of hydrogen-bond donors (Lipinski definition) is 2. The first-order valence-corrected chi connectivity index (χ1v) is 6.14. The highest BCUT2D eigenvalue weighted by Gasteiger charge is 2.16. The zero-order valence-electron chi connectivity index (χ0n) is 7.84. The van der Waals surface area contributed by atoms with Gasteiger partial charge in [0.05, 0.1) is 17.5 Å². The summed E-state index contributed by atoms with van der Waals surface area (Å²) in [5.41, 5.74) is 3.06. The topological polar surface area (TPSA) is 85.1 Å². The summed E-state index contributed by atoms with van der Waals surface area (Å²) in [6, 6.07) is 4.83. The fourth-order valence-electron chi connectivity index (χ4n) is 1.10. The zero-order valence-corrected chi connectivity index (χ0v) is 8.66. The molecule has 0 saturated carbocycles. The SMILES string of the molecule is CS(=O)(=O)C[C@@H](NN)c1ccccn1. The van der Waals surface area contributed by atoms with Gasteiger partial charge in [-0.3, -0.25) is 16.3 Å². The standard InChI is InChI=1S/C8H13N3O2S/c1-14(12,13)6-8(11-9)7-4-2-3-5-10-7/h2-5,8,11H,6,9H2,1H3/t8-/m1/s1. The summed E-state index contributed by atoms with van der Waals surface area (Å²) >= 11 is 0. The number of hydrogen-bond acceptors (Lipinski definition) is 5. The molecule has 0 unspecified atom stereocenters. The van der Waals surface area contributed by atoms with Crippen LogP contribution in [0.2, 0.25) is 0 Å². The molecule has 3 N–H and O–H groups in total. The van der Waals surface area contributed by atoms with Crippen LogP contribution in [-0.2, 0) is 9.84 Å². The second-order valence-corrected chi connectivity index (χ2v) is 5.25. The third kappa shape index (κ3) is 3.41. The van der Waals surface area contributed by atoms with Gasteiger partial charge in [-0.25, -0.2) is 8.42 Å². The second-order valence-electron chi connectivity index (χ2n) is 3.07. The molecular formula is C8H13N3O2S. The molecule has 14 heavy (non-hydrogen) atoms. The molecule has 0 bridgehead atoms. The number of sulfone groups is 1. The van der Waals surface area contributed by atoms with Crippen molar-refractivity contribution in [3.8, 4) is 0 Å². The van der Waals surface area contributed by atoms with Crippen molar-refractivity contribution in [1.82, 2.24) is 10.4 Å². The molecular weight excluding hydrogens is 202 g/mol. The van der Waals surface area contributed by atoms with Gasteiger partial charge < -0.3 is 0 Å². The first-order chi connectivity index (χ1) is 6.53. The van der Waals surface area contributed by atoms with Crippen LogP contribution in [0.15, 0.2) is 24.4 Å². The lowest BCUT2D eigenvalue weighted by Gasteiger charge is -2.13. The van der Waals surface area contributed by atoms with E-state index in [9.17, 15) is 8.42 Å². The number of aromatic nitrogens is 1. The molecule has 5 nitrogen and oxygen atoms in total. The lowest BCUT2D eigenvalue weighted by molar-refractivity contribution is 0.556. The normalized spacial score (nSPS) is 13.9. The molecule has 0 aliphatic rings. The molecule has 0 aromatic carbocycles. The van der Waals surface area contributed by atoms with Crippen molar-refractivity contribution in [2.45, 2.75) is 6.04 Å². The highest BCUT2D eigenvalue weighted by atomic mass is 32.2. The summed E-state index contributed by atoms with van der Waals surface area (Å²) in [6.07, 6.45) is 2.77. The maximum atomic E-state index is 11.1. The van der Waals surface area contributed by atoms with Crippen molar-refractivity contribution in [1.29, 1.82) is 0 Å². The van der Waals surface area contributed by atoms with E-state index >= 15 is 0 Å². The molecule has 0 fully saturated rings. The molecule has 0 amide bonds. The summed E-state index contributed by atoms with van der Waals surface area (Å²) in [4.78, 5) is 4.03. The van der Waals surface area contributed by atoms with E-state index < -0.39 is 15.9 Å². The maximum Gasteiger partial charge on any atom is 0.149 e. The summed E-state index contributed by atoms with van der Waals surface area (Å²) in [5.74, 6) is 5.20. The minimum atomic E-state index is -3.07. The number of nitrogens with one attached hydrogen (secondary N) is 1. The van der Waals surface area contributed by atoms with Gasteiger partial charge in [-0.15, -0.1) is 0 Å². The highest BCUT2D eigenvalue weighted by Crippen LogP contribution is 2.10. The van der Waals surface area contributed by atoms with Crippen LogP contribution < -0.4 is 11.3 Å². The van der Waals surface area contributed by atoms with Gasteiger partial charge in [0.25, 0.3) is 0 Å². The van der Waals surface area contributed by atoms with Crippen molar-refractivity contribution in [2.24, 2.45) is 5.84 Å². The van der Waals surface area contributed by atoms with Gasteiger partial charge in [0.1, 0.15) is 9.84 Å². The van der Waals surface area contributed by atoms with Crippen molar-refractivity contribution in [3.63, 3.8) is 0 Å². The maximum absolute atomic E-state index is 11.1. The predicted octanol–water partition coefficient (Wildman–Crippen LogP) is -0.369. The van der Waals surface area contributed by atoms with Gasteiger partial charge in [-0.05, 0) is 12.1 Å². The number of pyridine rings is 1. The first kappa shape index (κ1) is 11.1. The van der Waals surface area contributed by atoms with Gasteiger partial charge in [0, 0.05) is 12.5 Å². The van der Waals surface area contributed by atoms with Gasteiger partial charge in [-0.2, -0.15) is 0 Å². The summed E-state index contributed by atoms with van der Waals surface area (Å²) < 4.78 is 22.1. The van der Waals surface area contributed by atoms with Gasteiger partial charge in [0.15, 0.2) is 0 Å². The van der Waals surface area contributed by atoms with Crippen molar-refractivity contribution in [2.75, 3.05) is 12.0 Å². The molecule has 6 heteroatoms. The molecule has 0 radical (unpaired) electrons. The molecule has 0 spiro atoms.